The molecule has 0 fully saturated rings. The summed E-state index contributed by atoms with van der Waals surface area (Å²) >= 11 is 0. The summed E-state index contributed by atoms with van der Waals surface area (Å²) in [4.78, 5) is 22.8. The molecule has 0 aliphatic heterocycles. The molecule has 24 heavy (non-hydrogen) atoms. The van der Waals surface area contributed by atoms with Crippen molar-refractivity contribution in [1.29, 1.82) is 0 Å². The van der Waals surface area contributed by atoms with E-state index in [0.29, 0.717) is 5.56 Å². The lowest BCUT2D eigenvalue weighted by Crippen LogP contribution is -2.44. The number of hydrogen-bond donors (Lipinski definition) is 2. The number of carbonyl (C=O) groups excluding carboxylic acids is 1. The zero-order valence-corrected chi connectivity index (χ0v) is 14.3. The van der Waals surface area contributed by atoms with Crippen LogP contribution in [0.4, 0.5) is 9.18 Å². The monoisotopic (exact) mass is 341 g/mol. The SMILES string of the molecule is CCOC(=O)CO[C@@H](C(NC(=O)O)c1cccc(F)c1)C(C)(C)C. The van der Waals surface area contributed by atoms with E-state index in [0.717, 1.165) is 0 Å². The van der Waals surface area contributed by atoms with Gasteiger partial charge in [0, 0.05) is 0 Å². The highest BCUT2D eigenvalue weighted by atomic mass is 19.1. The van der Waals surface area contributed by atoms with Crippen LogP contribution >= 0.6 is 0 Å². The second kappa shape index (κ2) is 8.63. The number of carbonyl (C=O) groups is 2. The van der Waals surface area contributed by atoms with E-state index in [4.69, 9.17) is 14.6 Å². The lowest BCUT2D eigenvalue weighted by molar-refractivity contribution is -0.154. The summed E-state index contributed by atoms with van der Waals surface area (Å²) in [5.41, 5.74) is -0.104. The number of rotatable bonds is 7. The number of halogens is 1. The predicted molar refractivity (Wildman–Crippen MR) is 86.1 cm³/mol. The summed E-state index contributed by atoms with van der Waals surface area (Å²) in [6.45, 7) is 7.13. The summed E-state index contributed by atoms with van der Waals surface area (Å²) < 4.78 is 24.0. The fraction of sp³-hybridized carbons (Fsp3) is 0.529. The molecule has 0 aromatic heterocycles. The highest BCUT2D eigenvalue weighted by Gasteiger charge is 2.36. The molecular weight excluding hydrogens is 317 g/mol. The molecule has 0 aliphatic rings. The Labute approximate surface area is 141 Å². The Kier molecular flexibility index (Phi) is 7.16. The highest BCUT2D eigenvalue weighted by molar-refractivity contribution is 5.70. The number of hydrogen-bond acceptors (Lipinski definition) is 4. The van der Waals surface area contributed by atoms with E-state index in [9.17, 15) is 14.0 Å². The smallest absolute Gasteiger partial charge is 0.405 e. The minimum absolute atomic E-state index is 0.225. The van der Waals surface area contributed by atoms with Crippen LogP contribution < -0.4 is 5.32 Å². The van der Waals surface area contributed by atoms with Crippen molar-refractivity contribution in [2.45, 2.75) is 39.8 Å². The van der Waals surface area contributed by atoms with E-state index in [1.807, 2.05) is 20.8 Å². The van der Waals surface area contributed by atoms with E-state index >= 15 is 0 Å². The normalized spacial score (nSPS) is 13.9. The molecule has 134 valence electrons. The van der Waals surface area contributed by atoms with Gasteiger partial charge < -0.3 is 19.9 Å². The number of nitrogens with one attached hydrogen (secondary N) is 1. The third-order valence-corrected chi connectivity index (χ3v) is 3.33. The maximum Gasteiger partial charge on any atom is 0.405 e. The fourth-order valence-corrected chi connectivity index (χ4v) is 2.37. The Bertz CT molecular complexity index is 570. The average molecular weight is 341 g/mol. The summed E-state index contributed by atoms with van der Waals surface area (Å²) in [5.74, 6) is -1.03. The lowest BCUT2D eigenvalue weighted by atomic mass is 9.82. The van der Waals surface area contributed by atoms with Crippen molar-refractivity contribution in [2.24, 2.45) is 5.41 Å². The average Bonchev–Trinajstić information content (AvgIpc) is 2.44. The van der Waals surface area contributed by atoms with Gasteiger partial charge in [0.25, 0.3) is 0 Å². The van der Waals surface area contributed by atoms with Crippen LogP contribution in [0.5, 0.6) is 0 Å². The Hall–Kier alpha value is -2.15. The predicted octanol–water partition coefficient (Wildman–Crippen LogP) is 3.13. The van der Waals surface area contributed by atoms with Gasteiger partial charge in [0.15, 0.2) is 0 Å². The Balaban J connectivity index is 3.11. The first kappa shape index (κ1) is 19.9. The standard InChI is InChI=1S/C17H24FNO5/c1-5-23-13(20)10-24-15(17(2,3)4)14(19-16(21)22)11-7-6-8-12(18)9-11/h6-9,14-15,19H,5,10H2,1-4H3,(H,21,22)/t14?,15-/m0/s1. The van der Waals surface area contributed by atoms with Gasteiger partial charge in [0.1, 0.15) is 12.4 Å². The van der Waals surface area contributed by atoms with Crippen molar-refractivity contribution in [3.05, 3.63) is 35.6 Å². The number of carboxylic acid groups (broad SMARTS) is 1. The van der Waals surface area contributed by atoms with Gasteiger partial charge in [-0.15, -0.1) is 0 Å². The molecular formula is C17H24FNO5. The molecule has 0 aliphatic carbocycles. The third-order valence-electron chi connectivity index (χ3n) is 3.33. The quantitative estimate of drug-likeness (QED) is 0.744. The third kappa shape index (κ3) is 6.16. The van der Waals surface area contributed by atoms with Crippen molar-refractivity contribution in [1.82, 2.24) is 5.32 Å². The minimum Gasteiger partial charge on any atom is -0.465 e. The molecule has 0 saturated heterocycles. The van der Waals surface area contributed by atoms with Crippen molar-refractivity contribution in [3.63, 3.8) is 0 Å². The zero-order chi connectivity index (χ0) is 18.3. The maximum atomic E-state index is 13.5. The number of esters is 1. The van der Waals surface area contributed by atoms with E-state index in [2.05, 4.69) is 5.32 Å². The van der Waals surface area contributed by atoms with Crippen LogP contribution in [0.25, 0.3) is 0 Å². The van der Waals surface area contributed by atoms with Crippen LogP contribution in [-0.4, -0.2) is 36.5 Å². The largest absolute Gasteiger partial charge is 0.465 e. The Morgan fingerprint density at radius 2 is 2.00 bits per heavy atom. The van der Waals surface area contributed by atoms with Gasteiger partial charge in [-0.05, 0) is 30.0 Å². The van der Waals surface area contributed by atoms with E-state index in [1.54, 1.807) is 13.0 Å². The van der Waals surface area contributed by atoms with Crippen molar-refractivity contribution >= 4 is 12.1 Å². The van der Waals surface area contributed by atoms with Gasteiger partial charge in [0.2, 0.25) is 0 Å². The van der Waals surface area contributed by atoms with Crippen LogP contribution in [-0.2, 0) is 14.3 Å². The molecule has 0 radical (unpaired) electrons. The lowest BCUT2D eigenvalue weighted by Gasteiger charge is -2.36. The summed E-state index contributed by atoms with van der Waals surface area (Å²) in [7, 11) is 0. The summed E-state index contributed by atoms with van der Waals surface area (Å²) in [6, 6.07) is 4.77. The summed E-state index contributed by atoms with van der Waals surface area (Å²) in [5, 5.41) is 11.5. The number of benzene rings is 1. The fourth-order valence-electron chi connectivity index (χ4n) is 2.37. The molecule has 1 amide bonds. The second-order valence-electron chi connectivity index (χ2n) is 6.38. The van der Waals surface area contributed by atoms with Crippen LogP contribution in [0.2, 0.25) is 0 Å². The van der Waals surface area contributed by atoms with Crippen LogP contribution in [0.15, 0.2) is 24.3 Å². The van der Waals surface area contributed by atoms with Crippen LogP contribution in [0.1, 0.15) is 39.3 Å². The Morgan fingerprint density at radius 3 is 2.50 bits per heavy atom. The number of amides is 1. The van der Waals surface area contributed by atoms with Crippen molar-refractivity contribution < 1.29 is 28.6 Å². The molecule has 2 N–H and O–H groups in total. The minimum atomic E-state index is -1.27. The molecule has 0 saturated carbocycles. The van der Waals surface area contributed by atoms with Gasteiger partial charge >= 0.3 is 12.1 Å². The first-order valence-electron chi connectivity index (χ1n) is 7.67. The molecule has 0 bridgehead atoms. The molecule has 1 aromatic rings. The molecule has 1 rings (SSSR count). The van der Waals surface area contributed by atoms with Gasteiger partial charge in [-0.25, -0.2) is 14.0 Å². The van der Waals surface area contributed by atoms with E-state index in [1.165, 1.54) is 18.2 Å². The maximum absolute atomic E-state index is 13.5. The van der Waals surface area contributed by atoms with Crippen LogP contribution in [0.3, 0.4) is 0 Å². The summed E-state index contributed by atoms with van der Waals surface area (Å²) in [6.07, 6.45) is -1.97. The van der Waals surface area contributed by atoms with Crippen molar-refractivity contribution in [3.8, 4) is 0 Å². The molecule has 7 heteroatoms. The first-order chi connectivity index (χ1) is 11.1. The van der Waals surface area contributed by atoms with Crippen LogP contribution in [0, 0.1) is 11.2 Å². The second-order valence-corrected chi connectivity index (χ2v) is 6.38. The topological polar surface area (TPSA) is 84.9 Å². The van der Waals surface area contributed by atoms with Crippen molar-refractivity contribution in [2.75, 3.05) is 13.2 Å². The highest BCUT2D eigenvalue weighted by Crippen LogP contribution is 2.33. The molecule has 6 nitrogen and oxygen atoms in total. The van der Waals surface area contributed by atoms with Gasteiger partial charge in [0.05, 0.1) is 18.8 Å². The molecule has 2 atom stereocenters. The molecule has 0 heterocycles. The van der Waals surface area contributed by atoms with E-state index < -0.39 is 35.4 Å². The molecule has 0 spiro atoms. The Morgan fingerprint density at radius 1 is 1.33 bits per heavy atom. The van der Waals surface area contributed by atoms with Gasteiger partial charge in [-0.1, -0.05) is 32.9 Å². The zero-order valence-electron chi connectivity index (χ0n) is 14.3. The molecule has 1 unspecified atom stereocenters. The van der Waals surface area contributed by atoms with Gasteiger partial charge in [-0.2, -0.15) is 0 Å². The van der Waals surface area contributed by atoms with Gasteiger partial charge in [-0.3, -0.25) is 0 Å². The first-order valence-corrected chi connectivity index (χ1v) is 7.67. The number of ether oxygens (including phenoxy) is 2. The van der Waals surface area contributed by atoms with E-state index in [-0.39, 0.29) is 13.2 Å². The molecule has 1 aromatic carbocycles.